The molecule has 0 heterocycles. The Morgan fingerprint density at radius 2 is 1.27 bits per heavy atom. The van der Waals surface area contributed by atoms with Gasteiger partial charge in [-0.05, 0) is 18.8 Å². The summed E-state index contributed by atoms with van der Waals surface area (Å²) in [6, 6.07) is 0. The molecular weight excluding hydrogens is 280 g/mol. The van der Waals surface area contributed by atoms with E-state index >= 15 is 0 Å². The van der Waals surface area contributed by atoms with Crippen molar-refractivity contribution in [1.29, 1.82) is 0 Å². The molecular formula is C8H14Br2Mg. The summed E-state index contributed by atoms with van der Waals surface area (Å²) in [6.45, 7) is 12.8. The van der Waals surface area contributed by atoms with Gasteiger partial charge < -0.3 is 23.6 Å². The van der Waals surface area contributed by atoms with Crippen LogP contribution in [0.25, 0.3) is 0 Å². The van der Waals surface area contributed by atoms with E-state index in [9.17, 15) is 0 Å². The molecule has 11 heavy (non-hydrogen) atoms. The summed E-state index contributed by atoms with van der Waals surface area (Å²) in [4.78, 5) is 1.90. The molecule has 0 nitrogen and oxygen atoms in total. The Labute approximate surface area is 106 Å². The minimum absolute atomic E-state index is 0. The molecule has 0 aliphatic carbocycles. The Morgan fingerprint density at radius 1 is 1.18 bits per heavy atom. The second-order valence-corrected chi connectivity index (χ2v) is 2.72. The number of halogens is 2. The number of rotatable bonds is 0. The van der Waals surface area contributed by atoms with E-state index in [-0.39, 0.29) is 40.0 Å². The molecule has 0 aromatic heterocycles. The van der Waals surface area contributed by atoms with Crippen LogP contribution < -0.4 is 17.0 Å². The molecule has 0 aromatic carbocycles. The average Bonchev–Trinajstić information content (AvgIpc) is 1.65. The smallest absolute Gasteiger partial charge is 1.00 e. The van der Waals surface area contributed by atoms with E-state index in [1.807, 2.05) is 32.7 Å². The third kappa shape index (κ3) is 92.4. The third-order valence-electron chi connectivity index (χ3n) is 0.218. The van der Waals surface area contributed by atoms with Gasteiger partial charge in [0, 0.05) is 0 Å². The molecule has 62 valence electrons. The Kier molecular flexibility index (Phi) is 35.9. The zero-order valence-corrected chi connectivity index (χ0v) is 12.2. The van der Waals surface area contributed by atoms with Gasteiger partial charge in [-0.25, -0.2) is 0 Å². The average molecular weight is 294 g/mol. The van der Waals surface area contributed by atoms with Gasteiger partial charge in [0.25, 0.3) is 0 Å². The first-order chi connectivity index (χ1) is 4.00. The van der Waals surface area contributed by atoms with Gasteiger partial charge in [0.15, 0.2) is 0 Å². The topological polar surface area (TPSA) is 0 Å². The van der Waals surface area contributed by atoms with Gasteiger partial charge in [-0.2, -0.15) is 0 Å². The van der Waals surface area contributed by atoms with Crippen LogP contribution in [-0.2, 0) is 0 Å². The summed E-state index contributed by atoms with van der Waals surface area (Å²) in [6.07, 6.45) is 0. The van der Waals surface area contributed by atoms with E-state index in [1.165, 1.54) is 5.57 Å². The van der Waals surface area contributed by atoms with E-state index in [0.29, 0.717) is 0 Å². The second kappa shape index (κ2) is 17.3. The molecule has 0 saturated carbocycles. The molecule has 0 amide bonds. The Bertz CT molecular complexity index is 101. The molecule has 0 bridgehead atoms. The number of hydrogen-bond donors (Lipinski definition) is 0. The van der Waals surface area contributed by atoms with Crippen LogP contribution in [0.2, 0.25) is 0 Å². The molecule has 0 radical (unpaired) electrons. The van der Waals surface area contributed by atoms with Crippen LogP contribution in [0.3, 0.4) is 0 Å². The fourth-order valence-electron chi connectivity index (χ4n) is 0. The Hall–Kier alpha value is 1.21. The fraction of sp³-hybridized carbons (Fsp3) is 0.500. The van der Waals surface area contributed by atoms with Crippen molar-refractivity contribution in [3.63, 3.8) is 0 Å². The van der Waals surface area contributed by atoms with Crippen molar-refractivity contribution in [2.75, 3.05) is 0 Å². The van der Waals surface area contributed by atoms with Gasteiger partial charge in [-0.1, -0.05) is 35.4 Å². The van der Waals surface area contributed by atoms with Crippen molar-refractivity contribution in [2.24, 2.45) is 0 Å². The third-order valence-corrected chi connectivity index (χ3v) is 1.13. The Balaban J connectivity index is -0.0000000383. The van der Waals surface area contributed by atoms with E-state index in [1.54, 1.807) is 0 Å². The van der Waals surface area contributed by atoms with Crippen LogP contribution in [0, 0.1) is 6.58 Å². The van der Waals surface area contributed by atoms with Crippen molar-refractivity contribution in [1.82, 2.24) is 0 Å². The molecule has 0 atom stereocenters. The molecule has 0 fully saturated rings. The summed E-state index contributed by atoms with van der Waals surface area (Å²) in [5.41, 5.74) is 2.21. The van der Waals surface area contributed by atoms with Crippen LogP contribution in [0.15, 0.2) is 16.1 Å². The van der Waals surface area contributed by atoms with Gasteiger partial charge in [-0.15, -0.1) is 0 Å². The molecule has 3 heteroatoms. The monoisotopic (exact) mass is 292 g/mol. The Morgan fingerprint density at radius 3 is 1.27 bits per heavy atom. The minimum Gasteiger partial charge on any atom is -1.00 e. The molecule has 0 N–H and O–H groups in total. The van der Waals surface area contributed by atoms with Gasteiger partial charge in [0.2, 0.25) is 0 Å². The zero-order valence-electron chi connectivity index (χ0n) is 7.62. The van der Waals surface area contributed by atoms with Crippen molar-refractivity contribution in [3.05, 3.63) is 22.7 Å². The predicted octanol–water partition coefficient (Wildman–Crippen LogP) is 0.314. The quantitative estimate of drug-likeness (QED) is 0.446. The molecule has 0 unspecified atom stereocenters. The second-order valence-electron chi connectivity index (χ2n) is 2.26. The summed E-state index contributed by atoms with van der Waals surface area (Å²) in [5, 5.41) is 0. The first-order valence-electron chi connectivity index (χ1n) is 2.80. The fourth-order valence-corrected chi connectivity index (χ4v) is 0. The molecule has 0 spiro atoms. The molecule has 0 saturated heterocycles. The molecule has 0 aliphatic rings. The van der Waals surface area contributed by atoms with Crippen LogP contribution in [0.4, 0.5) is 0 Å². The van der Waals surface area contributed by atoms with Crippen molar-refractivity contribution in [2.45, 2.75) is 27.7 Å². The first kappa shape index (κ1) is 22.8. The molecule has 0 aromatic rings. The van der Waals surface area contributed by atoms with Gasteiger partial charge in [0.1, 0.15) is 0 Å². The van der Waals surface area contributed by atoms with Gasteiger partial charge >= 0.3 is 23.1 Å². The number of allylic oxidation sites excluding steroid dienone is 2. The van der Waals surface area contributed by atoms with Gasteiger partial charge in [0.05, 0.1) is 0 Å². The SMILES string of the molecule is CC(C)=CBr.[Br-].[CH-]=C(C)C.[Mg+2]. The summed E-state index contributed by atoms with van der Waals surface area (Å²) >= 11 is 3.15. The van der Waals surface area contributed by atoms with Crippen LogP contribution in [0.1, 0.15) is 27.7 Å². The van der Waals surface area contributed by atoms with E-state index in [2.05, 4.69) is 15.9 Å². The van der Waals surface area contributed by atoms with Crippen LogP contribution in [-0.4, -0.2) is 23.1 Å². The summed E-state index contributed by atoms with van der Waals surface area (Å²) < 4.78 is 0. The van der Waals surface area contributed by atoms with E-state index in [0.717, 1.165) is 5.57 Å². The molecule has 0 rings (SSSR count). The maximum Gasteiger partial charge on any atom is 2.00 e. The zero-order chi connectivity index (χ0) is 7.86. The largest absolute Gasteiger partial charge is 2.00 e. The van der Waals surface area contributed by atoms with E-state index in [4.69, 9.17) is 6.58 Å². The van der Waals surface area contributed by atoms with E-state index < -0.39 is 0 Å². The van der Waals surface area contributed by atoms with Crippen molar-refractivity contribution >= 4 is 39.0 Å². The minimum atomic E-state index is 0. The normalized spacial score (nSPS) is 5.55. The summed E-state index contributed by atoms with van der Waals surface area (Å²) in [5.74, 6) is 0. The van der Waals surface area contributed by atoms with Crippen LogP contribution in [0.5, 0.6) is 0 Å². The first-order valence-corrected chi connectivity index (χ1v) is 3.71. The number of hydrogen-bond acceptors (Lipinski definition) is 0. The summed E-state index contributed by atoms with van der Waals surface area (Å²) in [7, 11) is 0. The van der Waals surface area contributed by atoms with Crippen LogP contribution >= 0.6 is 15.9 Å². The standard InChI is InChI=1S/C4H7Br.C4H7.BrH.Mg/c1-4(2)3-5;1-4(2)3;;/h3H,1-2H3;1H,2-3H3;1H;/q;-1;;+2/p-1. The van der Waals surface area contributed by atoms with Gasteiger partial charge in [-0.3, -0.25) is 5.57 Å². The molecule has 0 aliphatic heterocycles. The maximum atomic E-state index is 5.03. The van der Waals surface area contributed by atoms with Crippen molar-refractivity contribution in [3.8, 4) is 0 Å². The van der Waals surface area contributed by atoms with Crippen molar-refractivity contribution < 1.29 is 17.0 Å². The maximum absolute atomic E-state index is 5.03. The predicted molar refractivity (Wildman–Crippen MR) is 53.3 cm³/mol.